The lowest BCUT2D eigenvalue weighted by Crippen LogP contribution is -2.32. The van der Waals surface area contributed by atoms with Gasteiger partial charge < -0.3 is 14.8 Å². The van der Waals surface area contributed by atoms with Gasteiger partial charge in [0.15, 0.2) is 0 Å². The van der Waals surface area contributed by atoms with E-state index in [4.69, 9.17) is 9.47 Å². The van der Waals surface area contributed by atoms with E-state index in [0.717, 1.165) is 24.3 Å². The minimum atomic E-state index is -0.229. The van der Waals surface area contributed by atoms with Crippen molar-refractivity contribution in [3.05, 3.63) is 24.3 Å². The number of hydrogen-bond acceptors (Lipinski definition) is 4. The van der Waals surface area contributed by atoms with Gasteiger partial charge in [0, 0.05) is 5.69 Å². The highest BCUT2D eigenvalue weighted by Gasteiger charge is 2.36. The number of esters is 1. The number of hydrogen-bond donors (Lipinski definition) is 1. The fraction of sp³-hybridized carbons (Fsp3) is 0.500. The van der Waals surface area contributed by atoms with Crippen LogP contribution in [0.1, 0.15) is 19.8 Å². The molecule has 1 aromatic carbocycles. The summed E-state index contributed by atoms with van der Waals surface area (Å²) < 4.78 is 10.2. The first-order valence-corrected chi connectivity index (χ1v) is 6.31. The first kappa shape index (κ1) is 12.7. The van der Waals surface area contributed by atoms with Crippen LogP contribution in [0.4, 0.5) is 5.69 Å². The molecule has 0 spiro atoms. The Labute approximate surface area is 107 Å². The summed E-state index contributed by atoms with van der Waals surface area (Å²) in [4.78, 5) is 11.7. The first-order valence-electron chi connectivity index (χ1n) is 6.31. The van der Waals surface area contributed by atoms with Gasteiger partial charge in [0.25, 0.3) is 0 Å². The molecule has 0 amide bonds. The maximum atomic E-state index is 11.7. The molecule has 2 rings (SSSR count). The highest BCUT2D eigenvalue weighted by atomic mass is 16.5. The number of carbonyl (C=O) groups excluding carboxylic acids is 1. The number of nitrogens with one attached hydrogen (secondary N) is 1. The molecule has 0 heterocycles. The summed E-state index contributed by atoms with van der Waals surface area (Å²) in [5.74, 6) is 1.06. The fourth-order valence-corrected chi connectivity index (χ4v) is 1.92. The number of carbonyl (C=O) groups is 1. The molecule has 4 nitrogen and oxygen atoms in total. The Morgan fingerprint density at radius 1 is 1.39 bits per heavy atom. The van der Waals surface area contributed by atoms with Crippen LogP contribution in [0.25, 0.3) is 0 Å². The Morgan fingerprint density at radius 3 is 2.56 bits per heavy atom. The van der Waals surface area contributed by atoms with Crippen molar-refractivity contribution in [2.45, 2.75) is 25.8 Å². The number of ether oxygens (including phenoxy) is 2. The Kier molecular flexibility index (Phi) is 4.07. The van der Waals surface area contributed by atoms with E-state index >= 15 is 0 Å². The van der Waals surface area contributed by atoms with Crippen molar-refractivity contribution < 1.29 is 14.3 Å². The summed E-state index contributed by atoms with van der Waals surface area (Å²) >= 11 is 0. The molecule has 4 heteroatoms. The second kappa shape index (κ2) is 5.76. The molecule has 1 N–H and O–H groups in total. The summed E-state index contributed by atoms with van der Waals surface area (Å²) in [5, 5.41) is 3.23. The molecule has 0 bridgehead atoms. The lowest BCUT2D eigenvalue weighted by Gasteiger charge is -2.17. The maximum Gasteiger partial charge on any atom is 0.328 e. The predicted molar refractivity (Wildman–Crippen MR) is 69.8 cm³/mol. The van der Waals surface area contributed by atoms with Crippen LogP contribution in [0.2, 0.25) is 0 Å². The van der Waals surface area contributed by atoms with E-state index in [1.807, 2.05) is 31.2 Å². The van der Waals surface area contributed by atoms with Gasteiger partial charge in [0.1, 0.15) is 11.8 Å². The molecule has 1 fully saturated rings. The highest BCUT2D eigenvalue weighted by molar-refractivity contribution is 5.80. The lowest BCUT2D eigenvalue weighted by molar-refractivity contribution is -0.142. The second-order valence-corrected chi connectivity index (χ2v) is 4.44. The highest BCUT2D eigenvalue weighted by Crippen LogP contribution is 2.35. The summed E-state index contributed by atoms with van der Waals surface area (Å²) in [6.45, 7) is 2.60. The molecule has 98 valence electrons. The molecular formula is C14H19NO3. The Hall–Kier alpha value is -1.71. The summed E-state index contributed by atoms with van der Waals surface area (Å²) in [7, 11) is 1.43. The average Bonchev–Trinajstić information content (AvgIpc) is 3.21. The molecule has 1 aliphatic carbocycles. The van der Waals surface area contributed by atoms with Gasteiger partial charge in [-0.3, -0.25) is 0 Å². The van der Waals surface area contributed by atoms with E-state index < -0.39 is 0 Å². The summed E-state index contributed by atoms with van der Waals surface area (Å²) in [6, 6.07) is 7.40. The van der Waals surface area contributed by atoms with Crippen molar-refractivity contribution in [3.8, 4) is 5.75 Å². The van der Waals surface area contributed by atoms with E-state index in [2.05, 4.69) is 5.32 Å². The lowest BCUT2D eigenvalue weighted by atomic mass is 10.1. The van der Waals surface area contributed by atoms with Crippen LogP contribution in [-0.2, 0) is 9.53 Å². The normalized spacial score (nSPS) is 15.9. The molecule has 0 radical (unpaired) electrons. The van der Waals surface area contributed by atoms with Crippen molar-refractivity contribution in [1.82, 2.24) is 0 Å². The Balaban J connectivity index is 2.00. The van der Waals surface area contributed by atoms with Gasteiger partial charge in [-0.2, -0.15) is 0 Å². The Morgan fingerprint density at radius 2 is 2.06 bits per heavy atom. The smallest absolute Gasteiger partial charge is 0.328 e. The fourth-order valence-electron chi connectivity index (χ4n) is 1.92. The van der Waals surface area contributed by atoms with Gasteiger partial charge in [-0.25, -0.2) is 4.79 Å². The molecule has 1 atom stereocenters. The van der Waals surface area contributed by atoms with Gasteiger partial charge in [0.05, 0.1) is 13.7 Å². The van der Waals surface area contributed by atoms with Gasteiger partial charge in [-0.15, -0.1) is 0 Å². The SMILES string of the molecule is CCOc1ccc(NC(C(=O)OC)C2CC2)cc1. The molecule has 1 saturated carbocycles. The van der Waals surface area contributed by atoms with Crippen molar-refractivity contribution in [2.75, 3.05) is 19.0 Å². The van der Waals surface area contributed by atoms with Gasteiger partial charge in [-0.1, -0.05) is 0 Å². The topological polar surface area (TPSA) is 47.6 Å². The molecule has 1 aromatic rings. The number of benzene rings is 1. The first-order chi connectivity index (χ1) is 8.74. The number of methoxy groups -OCH3 is 1. The zero-order valence-corrected chi connectivity index (χ0v) is 10.8. The van der Waals surface area contributed by atoms with Gasteiger partial charge in [0.2, 0.25) is 0 Å². The molecule has 1 aliphatic rings. The molecule has 0 saturated heterocycles. The van der Waals surface area contributed by atoms with E-state index in [9.17, 15) is 4.79 Å². The van der Waals surface area contributed by atoms with Crippen LogP contribution in [-0.4, -0.2) is 25.7 Å². The van der Waals surface area contributed by atoms with Crippen molar-refractivity contribution in [2.24, 2.45) is 5.92 Å². The van der Waals surface area contributed by atoms with Crippen LogP contribution in [0, 0.1) is 5.92 Å². The van der Waals surface area contributed by atoms with Gasteiger partial charge >= 0.3 is 5.97 Å². The van der Waals surface area contributed by atoms with Crippen LogP contribution in [0.15, 0.2) is 24.3 Å². The third-order valence-corrected chi connectivity index (χ3v) is 3.04. The van der Waals surface area contributed by atoms with Crippen molar-refractivity contribution in [1.29, 1.82) is 0 Å². The third kappa shape index (κ3) is 3.15. The van der Waals surface area contributed by atoms with Crippen LogP contribution in [0.5, 0.6) is 5.75 Å². The summed E-state index contributed by atoms with van der Waals surface area (Å²) in [5.41, 5.74) is 0.917. The second-order valence-electron chi connectivity index (χ2n) is 4.44. The van der Waals surface area contributed by atoms with Crippen molar-refractivity contribution in [3.63, 3.8) is 0 Å². The molecular weight excluding hydrogens is 230 g/mol. The predicted octanol–water partition coefficient (Wildman–Crippen LogP) is 2.45. The minimum absolute atomic E-state index is 0.189. The zero-order chi connectivity index (χ0) is 13.0. The van der Waals surface area contributed by atoms with Crippen LogP contribution < -0.4 is 10.1 Å². The Bertz CT molecular complexity index is 398. The molecule has 0 aromatic heterocycles. The minimum Gasteiger partial charge on any atom is -0.494 e. The van der Waals surface area contributed by atoms with E-state index in [-0.39, 0.29) is 12.0 Å². The van der Waals surface area contributed by atoms with Crippen LogP contribution >= 0.6 is 0 Å². The number of rotatable bonds is 6. The average molecular weight is 249 g/mol. The molecule has 18 heavy (non-hydrogen) atoms. The monoisotopic (exact) mass is 249 g/mol. The standard InChI is InChI=1S/C14H19NO3/c1-3-18-12-8-6-11(7-9-12)15-13(10-4-5-10)14(16)17-2/h6-10,13,15H,3-5H2,1-2H3. The zero-order valence-electron chi connectivity index (χ0n) is 10.8. The number of anilines is 1. The maximum absolute atomic E-state index is 11.7. The summed E-state index contributed by atoms with van der Waals surface area (Å²) in [6.07, 6.45) is 2.17. The van der Waals surface area contributed by atoms with Crippen molar-refractivity contribution >= 4 is 11.7 Å². The largest absolute Gasteiger partial charge is 0.494 e. The third-order valence-electron chi connectivity index (χ3n) is 3.04. The van der Waals surface area contributed by atoms with E-state index in [1.54, 1.807) is 0 Å². The quantitative estimate of drug-likeness (QED) is 0.787. The molecule has 0 aliphatic heterocycles. The van der Waals surface area contributed by atoms with E-state index in [0.29, 0.717) is 12.5 Å². The van der Waals surface area contributed by atoms with Crippen LogP contribution in [0.3, 0.4) is 0 Å². The van der Waals surface area contributed by atoms with Gasteiger partial charge in [-0.05, 0) is 49.9 Å². The molecule has 1 unspecified atom stereocenters. The van der Waals surface area contributed by atoms with E-state index in [1.165, 1.54) is 7.11 Å².